The number of hydrogen-bond donors (Lipinski definition) is 1. The molecular formula is C6H5NO4. The molecule has 58 valence electrons. The van der Waals surface area contributed by atoms with Crippen LogP contribution in [0.15, 0.2) is 16.6 Å². The van der Waals surface area contributed by atoms with Crippen LogP contribution >= 0.6 is 0 Å². The van der Waals surface area contributed by atoms with Crippen LogP contribution in [0.5, 0.6) is 0 Å². The first-order valence-electron chi connectivity index (χ1n) is 3.08. The average molecular weight is 155 g/mol. The Morgan fingerprint density at radius 1 is 1.64 bits per heavy atom. The Bertz CT molecular complexity index is 257. The molecule has 0 aromatic carbocycles. The van der Waals surface area contributed by atoms with Gasteiger partial charge in [0.1, 0.15) is 6.10 Å². The number of dihydropyridines is 1. The van der Waals surface area contributed by atoms with Crippen LogP contribution in [0.25, 0.3) is 0 Å². The Hall–Kier alpha value is -1.20. The first-order valence-corrected chi connectivity index (χ1v) is 3.08. The minimum atomic E-state index is -1.01. The van der Waals surface area contributed by atoms with Crippen LogP contribution in [0.3, 0.4) is 0 Å². The highest BCUT2D eigenvalue weighted by Crippen LogP contribution is 2.21. The highest BCUT2D eigenvalue weighted by molar-refractivity contribution is 5.90. The summed E-state index contributed by atoms with van der Waals surface area (Å²) < 4.78 is 0. The van der Waals surface area contributed by atoms with E-state index in [9.17, 15) is 4.79 Å². The minimum Gasteiger partial charge on any atom is -0.478 e. The molecule has 0 aromatic rings. The van der Waals surface area contributed by atoms with Crippen molar-refractivity contribution in [3.8, 4) is 0 Å². The SMILES string of the molecule is O=C(O)C1=CC2C=NC1OO2. The molecule has 0 aromatic heterocycles. The third-order valence-corrected chi connectivity index (χ3v) is 1.48. The van der Waals surface area contributed by atoms with Gasteiger partial charge in [-0.3, -0.25) is 4.99 Å². The largest absolute Gasteiger partial charge is 0.478 e. The normalized spacial score (nSPS) is 33.6. The number of aliphatic imine (C=N–C) groups is 1. The second-order valence-corrected chi connectivity index (χ2v) is 2.23. The molecule has 3 rings (SSSR count). The summed E-state index contributed by atoms with van der Waals surface area (Å²) in [5.41, 5.74) is 0.142. The molecule has 0 aliphatic carbocycles. The Labute approximate surface area is 61.9 Å². The molecule has 0 spiro atoms. The Morgan fingerprint density at radius 2 is 2.45 bits per heavy atom. The van der Waals surface area contributed by atoms with E-state index in [1.807, 2.05) is 0 Å². The molecule has 11 heavy (non-hydrogen) atoms. The molecule has 3 aliphatic rings. The van der Waals surface area contributed by atoms with Gasteiger partial charge in [0.05, 0.1) is 5.57 Å². The lowest BCUT2D eigenvalue weighted by Gasteiger charge is -2.26. The standard InChI is InChI=1S/C6H5NO4/c8-6(9)4-1-3-2-7-5(4)11-10-3/h1-3,5H,(H,8,9). The van der Waals surface area contributed by atoms with Gasteiger partial charge in [-0.05, 0) is 6.08 Å². The fourth-order valence-electron chi connectivity index (χ4n) is 0.969. The predicted molar refractivity (Wildman–Crippen MR) is 34.0 cm³/mol. The monoisotopic (exact) mass is 155 g/mol. The number of fused-ring (bicyclic) bond motifs is 1. The Balaban J connectivity index is 2.31. The van der Waals surface area contributed by atoms with Crippen molar-refractivity contribution >= 4 is 12.2 Å². The fourth-order valence-corrected chi connectivity index (χ4v) is 0.969. The molecule has 2 atom stereocenters. The lowest BCUT2D eigenvalue weighted by atomic mass is 10.1. The highest BCUT2D eigenvalue weighted by Gasteiger charge is 2.31. The molecule has 0 fully saturated rings. The van der Waals surface area contributed by atoms with Crippen LogP contribution in [0.2, 0.25) is 0 Å². The topological polar surface area (TPSA) is 68.1 Å². The number of hydrogen-bond acceptors (Lipinski definition) is 4. The number of nitrogens with zero attached hydrogens (tertiary/aromatic N) is 1. The molecule has 1 N–H and O–H groups in total. The van der Waals surface area contributed by atoms with Crippen LogP contribution < -0.4 is 0 Å². The van der Waals surface area contributed by atoms with Gasteiger partial charge in [-0.2, -0.15) is 0 Å². The highest BCUT2D eigenvalue weighted by atomic mass is 17.2. The third kappa shape index (κ3) is 0.941. The maximum atomic E-state index is 10.5. The molecule has 3 aliphatic heterocycles. The predicted octanol–water partition coefficient (Wildman–Crippen LogP) is -0.262. The number of carboxylic acid groups (broad SMARTS) is 1. The first-order chi connectivity index (χ1) is 5.27. The molecule has 0 radical (unpaired) electrons. The molecule has 0 saturated heterocycles. The summed E-state index contributed by atoms with van der Waals surface area (Å²) in [4.78, 5) is 23.5. The van der Waals surface area contributed by atoms with Gasteiger partial charge in [-0.1, -0.05) is 0 Å². The second kappa shape index (κ2) is 2.14. The van der Waals surface area contributed by atoms with Crippen LogP contribution in [0, 0.1) is 0 Å². The van der Waals surface area contributed by atoms with Crippen molar-refractivity contribution in [3.05, 3.63) is 11.6 Å². The zero-order chi connectivity index (χ0) is 7.84. The smallest absolute Gasteiger partial charge is 0.336 e. The average Bonchev–Trinajstić information content (AvgIpc) is 2.06. The molecular weight excluding hydrogens is 150 g/mol. The number of rotatable bonds is 1. The van der Waals surface area contributed by atoms with Crippen molar-refractivity contribution in [1.29, 1.82) is 0 Å². The van der Waals surface area contributed by atoms with Crippen molar-refractivity contribution in [1.82, 2.24) is 0 Å². The summed E-state index contributed by atoms with van der Waals surface area (Å²) in [6.07, 6.45) is 1.77. The summed E-state index contributed by atoms with van der Waals surface area (Å²) in [5, 5.41) is 8.58. The Kier molecular flexibility index (Phi) is 1.27. The van der Waals surface area contributed by atoms with Crippen LogP contribution in [-0.4, -0.2) is 29.6 Å². The van der Waals surface area contributed by atoms with Crippen molar-refractivity contribution in [3.63, 3.8) is 0 Å². The lowest BCUT2D eigenvalue weighted by molar-refractivity contribution is -0.333. The van der Waals surface area contributed by atoms with Crippen LogP contribution in [-0.2, 0) is 14.6 Å². The van der Waals surface area contributed by atoms with E-state index in [1.165, 1.54) is 12.3 Å². The lowest BCUT2D eigenvalue weighted by Crippen LogP contribution is -2.35. The van der Waals surface area contributed by atoms with Crippen molar-refractivity contribution < 1.29 is 19.7 Å². The van der Waals surface area contributed by atoms with E-state index in [0.29, 0.717) is 0 Å². The summed E-state index contributed by atoms with van der Waals surface area (Å²) >= 11 is 0. The molecule has 5 nitrogen and oxygen atoms in total. The van der Waals surface area contributed by atoms with Crippen molar-refractivity contribution in [2.75, 3.05) is 0 Å². The zero-order valence-electron chi connectivity index (χ0n) is 5.43. The van der Waals surface area contributed by atoms with E-state index < -0.39 is 18.3 Å². The number of aliphatic carboxylic acids is 1. The summed E-state index contributed by atoms with van der Waals surface area (Å²) in [6, 6.07) is 0. The van der Waals surface area contributed by atoms with Gasteiger partial charge >= 0.3 is 5.97 Å². The van der Waals surface area contributed by atoms with E-state index in [2.05, 4.69) is 14.8 Å². The number of carboxylic acids is 1. The third-order valence-electron chi connectivity index (χ3n) is 1.48. The van der Waals surface area contributed by atoms with E-state index in [4.69, 9.17) is 5.11 Å². The van der Waals surface area contributed by atoms with Crippen molar-refractivity contribution in [2.24, 2.45) is 4.99 Å². The van der Waals surface area contributed by atoms with Crippen molar-refractivity contribution in [2.45, 2.75) is 12.3 Å². The van der Waals surface area contributed by atoms with Gasteiger partial charge in [0.2, 0.25) is 6.23 Å². The summed E-state index contributed by atoms with van der Waals surface area (Å²) in [7, 11) is 0. The van der Waals surface area contributed by atoms with Gasteiger partial charge in [-0.25, -0.2) is 14.6 Å². The quantitative estimate of drug-likeness (QED) is 0.529. The number of carbonyl (C=O) groups is 1. The van der Waals surface area contributed by atoms with Gasteiger partial charge in [0, 0.05) is 6.21 Å². The van der Waals surface area contributed by atoms with Gasteiger partial charge in [0.25, 0.3) is 0 Å². The van der Waals surface area contributed by atoms with E-state index in [1.54, 1.807) is 0 Å². The minimum absolute atomic E-state index is 0.142. The summed E-state index contributed by atoms with van der Waals surface area (Å²) in [6.45, 7) is 0. The maximum Gasteiger partial charge on any atom is 0.336 e. The molecule has 5 heteroatoms. The summed E-state index contributed by atoms with van der Waals surface area (Å²) in [5.74, 6) is -1.01. The maximum absolute atomic E-state index is 10.5. The molecule has 2 bridgehead atoms. The molecule has 3 heterocycles. The zero-order valence-corrected chi connectivity index (χ0v) is 5.43. The van der Waals surface area contributed by atoms with Crippen LogP contribution in [0.1, 0.15) is 0 Å². The second-order valence-electron chi connectivity index (χ2n) is 2.23. The molecule has 2 unspecified atom stereocenters. The fraction of sp³-hybridized carbons (Fsp3) is 0.333. The van der Waals surface area contributed by atoms with E-state index >= 15 is 0 Å². The van der Waals surface area contributed by atoms with Crippen LogP contribution in [0.4, 0.5) is 0 Å². The van der Waals surface area contributed by atoms with Gasteiger partial charge < -0.3 is 5.11 Å². The first kappa shape index (κ1) is 6.51. The Morgan fingerprint density at radius 3 is 2.73 bits per heavy atom. The van der Waals surface area contributed by atoms with Gasteiger partial charge in [0.15, 0.2) is 0 Å². The molecule has 0 saturated carbocycles. The molecule has 0 amide bonds. The van der Waals surface area contributed by atoms with E-state index in [0.717, 1.165) is 0 Å². The van der Waals surface area contributed by atoms with E-state index in [-0.39, 0.29) is 5.57 Å². The van der Waals surface area contributed by atoms with Gasteiger partial charge in [-0.15, -0.1) is 0 Å².